The van der Waals surface area contributed by atoms with Crippen LogP contribution in [0.4, 0.5) is 5.69 Å². The van der Waals surface area contributed by atoms with Crippen LogP contribution in [-0.4, -0.2) is 26.4 Å². The van der Waals surface area contributed by atoms with Crippen LogP contribution in [0.1, 0.15) is 49.7 Å². The molecule has 0 aliphatic rings. The molecular weight excluding hydrogens is 432 g/mol. The molecule has 0 fully saturated rings. The monoisotopic (exact) mass is 458 g/mol. The molecule has 3 aromatic rings. The summed E-state index contributed by atoms with van der Waals surface area (Å²) in [6.07, 6.45) is -0.305. The van der Waals surface area contributed by atoms with Crippen LogP contribution in [0.15, 0.2) is 47.6 Å². The predicted molar refractivity (Wildman–Crippen MR) is 126 cm³/mol. The number of carbonyl (C=O) groups excluding carboxylic acids is 1. The number of hydrogen-bond acceptors (Lipinski definition) is 5. The summed E-state index contributed by atoms with van der Waals surface area (Å²) >= 11 is 7.41. The van der Waals surface area contributed by atoms with Gasteiger partial charge in [-0.2, -0.15) is 0 Å². The van der Waals surface area contributed by atoms with E-state index < -0.39 is 0 Å². The fraction of sp³-hybridized carbons (Fsp3) is 0.348. The number of thioether (sulfide) groups is 1. The first-order chi connectivity index (χ1) is 14.7. The first-order valence-electron chi connectivity index (χ1n) is 10.1. The second kappa shape index (κ2) is 10.2. The van der Waals surface area contributed by atoms with E-state index in [1.807, 2.05) is 67.9 Å². The maximum Gasteiger partial charge on any atom is 0.234 e. The molecule has 0 saturated heterocycles. The standard InChI is InChI=1S/C23H27ClN4O2S/c1-14(2)17-6-8-18(9-7-17)25-21(29)13-31-23-27-26-22(28(23)5)16(4)30-19-10-11-20(24)15(3)12-19/h6-12,14,16H,13H2,1-5H3,(H,25,29). The van der Waals surface area contributed by atoms with Crippen LogP contribution in [0.2, 0.25) is 5.02 Å². The van der Waals surface area contributed by atoms with Gasteiger partial charge < -0.3 is 14.6 Å². The van der Waals surface area contributed by atoms with Crippen LogP contribution in [0.5, 0.6) is 5.75 Å². The number of amides is 1. The predicted octanol–water partition coefficient (Wildman–Crippen LogP) is 5.77. The number of ether oxygens (including phenoxy) is 1. The maximum atomic E-state index is 12.3. The minimum atomic E-state index is -0.305. The Morgan fingerprint density at radius 1 is 1.16 bits per heavy atom. The number of nitrogens with one attached hydrogen (secondary N) is 1. The van der Waals surface area contributed by atoms with Gasteiger partial charge in [-0.1, -0.05) is 49.3 Å². The minimum absolute atomic E-state index is 0.0900. The van der Waals surface area contributed by atoms with Gasteiger partial charge in [-0.25, -0.2) is 0 Å². The van der Waals surface area contributed by atoms with Gasteiger partial charge in [-0.05, 0) is 61.2 Å². The van der Waals surface area contributed by atoms with Gasteiger partial charge in [0.15, 0.2) is 17.1 Å². The number of nitrogens with zero attached hydrogens (tertiary/aromatic N) is 3. The zero-order valence-corrected chi connectivity index (χ0v) is 19.9. The molecule has 1 aromatic heterocycles. The molecule has 2 aromatic carbocycles. The highest BCUT2D eigenvalue weighted by molar-refractivity contribution is 7.99. The zero-order chi connectivity index (χ0) is 22.5. The van der Waals surface area contributed by atoms with Gasteiger partial charge in [0, 0.05) is 17.8 Å². The number of aromatic nitrogens is 3. The summed E-state index contributed by atoms with van der Waals surface area (Å²) in [6, 6.07) is 13.5. The van der Waals surface area contributed by atoms with Gasteiger partial charge >= 0.3 is 0 Å². The van der Waals surface area contributed by atoms with Gasteiger partial charge in [0.05, 0.1) is 5.75 Å². The summed E-state index contributed by atoms with van der Waals surface area (Å²) in [4.78, 5) is 12.3. The molecule has 6 nitrogen and oxygen atoms in total. The first kappa shape index (κ1) is 23.2. The Bertz CT molecular complexity index is 1050. The number of anilines is 1. The maximum absolute atomic E-state index is 12.3. The highest BCUT2D eigenvalue weighted by atomic mass is 35.5. The molecule has 0 radical (unpaired) electrons. The summed E-state index contributed by atoms with van der Waals surface area (Å²) in [5.41, 5.74) is 2.98. The lowest BCUT2D eigenvalue weighted by atomic mass is 10.0. The molecule has 1 atom stereocenters. The minimum Gasteiger partial charge on any atom is -0.483 e. The van der Waals surface area contributed by atoms with Crippen LogP contribution in [0, 0.1) is 6.92 Å². The smallest absolute Gasteiger partial charge is 0.234 e. The van der Waals surface area contributed by atoms with Crippen molar-refractivity contribution in [3.8, 4) is 5.75 Å². The second-order valence-corrected chi connectivity index (χ2v) is 9.03. The molecule has 1 heterocycles. The van der Waals surface area contributed by atoms with Crippen LogP contribution < -0.4 is 10.1 Å². The van der Waals surface area contributed by atoms with E-state index in [1.165, 1.54) is 17.3 Å². The number of halogens is 1. The van der Waals surface area contributed by atoms with E-state index in [2.05, 4.69) is 29.4 Å². The molecule has 1 N–H and O–H groups in total. The number of rotatable bonds is 8. The van der Waals surface area contributed by atoms with E-state index in [-0.39, 0.29) is 17.8 Å². The molecule has 0 spiro atoms. The molecule has 164 valence electrons. The molecule has 0 aliphatic heterocycles. The first-order valence-corrected chi connectivity index (χ1v) is 11.5. The molecular formula is C23H27ClN4O2S. The molecule has 0 saturated carbocycles. The van der Waals surface area contributed by atoms with Crippen molar-refractivity contribution < 1.29 is 9.53 Å². The molecule has 0 aliphatic carbocycles. The van der Waals surface area contributed by atoms with Crippen LogP contribution in [-0.2, 0) is 11.8 Å². The Balaban J connectivity index is 1.56. The van der Waals surface area contributed by atoms with Gasteiger partial charge in [0.2, 0.25) is 5.91 Å². The van der Waals surface area contributed by atoms with Gasteiger partial charge in [-0.15, -0.1) is 10.2 Å². The molecule has 1 unspecified atom stereocenters. The van der Waals surface area contributed by atoms with Gasteiger partial charge in [0.25, 0.3) is 0 Å². The van der Waals surface area contributed by atoms with Crippen molar-refractivity contribution in [3.63, 3.8) is 0 Å². The number of hydrogen-bond donors (Lipinski definition) is 1. The summed E-state index contributed by atoms with van der Waals surface area (Å²) in [6.45, 7) is 8.13. The third-order valence-electron chi connectivity index (χ3n) is 4.87. The normalized spacial score (nSPS) is 12.1. The van der Waals surface area contributed by atoms with E-state index in [0.29, 0.717) is 21.9 Å². The Labute approximate surface area is 192 Å². The van der Waals surface area contributed by atoms with Crippen molar-refractivity contribution in [3.05, 3.63) is 64.4 Å². The van der Waals surface area contributed by atoms with Crippen molar-refractivity contribution in [1.29, 1.82) is 0 Å². The lowest BCUT2D eigenvalue weighted by Crippen LogP contribution is -2.15. The molecule has 8 heteroatoms. The Morgan fingerprint density at radius 3 is 2.52 bits per heavy atom. The topological polar surface area (TPSA) is 69.0 Å². The summed E-state index contributed by atoms with van der Waals surface area (Å²) in [5, 5.41) is 12.7. The largest absolute Gasteiger partial charge is 0.483 e. The average molecular weight is 459 g/mol. The van der Waals surface area contributed by atoms with Crippen molar-refractivity contribution >= 4 is 35.0 Å². The Morgan fingerprint density at radius 2 is 1.87 bits per heavy atom. The van der Waals surface area contributed by atoms with Crippen molar-refractivity contribution in [2.24, 2.45) is 7.05 Å². The van der Waals surface area contributed by atoms with Crippen LogP contribution in [0.25, 0.3) is 0 Å². The van der Waals surface area contributed by atoms with Crippen molar-refractivity contribution in [2.45, 2.75) is 44.9 Å². The Hall–Kier alpha value is -2.51. The van der Waals surface area contributed by atoms with Crippen molar-refractivity contribution in [2.75, 3.05) is 11.1 Å². The summed E-state index contributed by atoms with van der Waals surface area (Å²) in [5.74, 6) is 2.01. The Kier molecular flexibility index (Phi) is 7.62. The zero-order valence-electron chi connectivity index (χ0n) is 18.3. The number of aryl methyl sites for hydroxylation is 1. The molecule has 3 rings (SSSR count). The third-order valence-corrected chi connectivity index (χ3v) is 6.31. The molecule has 0 bridgehead atoms. The quantitative estimate of drug-likeness (QED) is 0.434. The van der Waals surface area contributed by atoms with Crippen LogP contribution in [0.3, 0.4) is 0 Å². The van der Waals surface area contributed by atoms with E-state index in [1.54, 1.807) is 0 Å². The van der Waals surface area contributed by atoms with E-state index in [4.69, 9.17) is 16.3 Å². The van der Waals surface area contributed by atoms with E-state index >= 15 is 0 Å². The third kappa shape index (κ3) is 6.02. The van der Waals surface area contributed by atoms with E-state index in [9.17, 15) is 4.79 Å². The lowest BCUT2D eigenvalue weighted by Gasteiger charge is -2.15. The van der Waals surface area contributed by atoms with Gasteiger partial charge in [0.1, 0.15) is 5.75 Å². The molecule has 31 heavy (non-hydrogen) atoms. The average Bonchev–Trinajstić information content (AvgIpc) is 3.10. The summed E-state index contributed by atoms with van der Waals surface area (Å²) in [7, 11) is 1.87. The number of benzene rings is 2. The summed E-state index contributed by atoms with van der Waals surface area (Å²) < 4.78 is 7.84. The highest BCUT2D eigenvalue weighted by Crippen LogP contribution is 2.27. The van der Waals surface area contributed by atoms with Crippen molar-refractivity contribution in [1.82, 2.24) is 14.8 Å². The van der Waals surface area contributed by atoms with Crippen LogP contribution >= 0.6 is 23.4 Å². The molecule has 1 amide bonds. The lowest BCUT2D eigenvalue weighted by molar-refractivity contribution is -0.113. The highest BCUT2D eigenvalue weighted by Gasteiger charge is 2.18. The van der Waals surface area contributed by atoms with Gasteiger partial charge in [-0.3, -0.25) is 4.79 Å². The SMILES string of the molecule is Cc1cc(OC(C)c2nnc(SCC(=O)Nc3ccc(C(C)C)cc3)n2C)ccc1Cl. The fourth-order valence-electron chi connectivity index (χ4n) is 3.03. The number of carbonyl (C=O) groups is 1. The fourth-order valence-corrected chi connectivity index (χ4v) is 3.87. The van der Waals surface area contributed by atoms with E-state index in [0.717, 1.165) is 17.0 Å². The second-order valence-electron chi connectivity index (χ2n) is 7.68.